The lowest BCUT2D eigenvalue weighted by atomic mass is 9.82. The third kappa shape index (κ3) is 3.95. The summed E-state index contributed by atoms with van der Waals surface area (Å²) in [5.41, 5.74) is 0. The van der Waals surface area contributed by atoms with Gasteiger partial charge in [0.2, 0.25) is 0 Å². The Bertz CT molecular complexity index is 258. The molecule has 19 heavy (non-hydrogen) atoms. The average molecular weight is 257 g/mol. The molecule has 0 unspecified atom stereocenters. The first-order chi connectivity index (χ1) is 9.09. The number of hydrogen-bond donors (Lipinski definition) is 1. The van der Waals surface area contributed by atoms with Crippen LogP contribution >= 0.6 is 0 Å². The second-order valence-corrected chi connectivity index (χ2v) is 5.42. The molecule has 0 saturated heterocycles. The van der Waals surface area contributed by atoms with Crippen LogP contribution in [0.15, 0.2) is 0 Å². The van der Waals surface area contributed by atoms with E-state index >= 15 is 0 Å². The highest BCUT2D eigenvalue weighted by Gasteiger charge is 2.38. The number of rotatable bonds is 6. The lowest BCUT2D eigenvalue weighted by Gasteiger charge is -2.34. The Morgan fingerprint density at radius 3 is 2.21 bits per heavy atom. The maximum atomic E-state index is 9.86. The van der Waals surface area contributed by atoms with Gasteiger partial charge in [-0.25, -0.2) is 0 Å². The van der Waals surface area contributed by atoms with Crippen molar-refractivity contribution >= 4 is 0 Å². The summed E-state index contributed by atoms with van der Waals surface area (Å²) in [7, 11) is 4.21. The summed E-state index contributed by atoms with van der Waals surface area (Å²) in [6.45, 7) is 1.84. The second-order valence-electron chi connectivity index (χ2n) is 5.42. The van der Waals surface area contributed by atoms with Crippen LogP contribution in [0.3, 0.4) is 0 Å². The first kappa shape index (κ1) is 15.3. The quantitative estimate of drug-likeness (QED) is 0.789. The molecule has 2 aliphatic carbocycles. The fraction of sp³-hybridized carbons (Fsp3) is 0.412. The number of aliphatic hydroxyl groups is 1. The van der Waals surface area contributed by atoms with Crippen molar-refractivity contribution in [2.24, 2.45) is 0 Å². The van der Waals surface area contributed by atoms with Gasteiger partial charge < -0.3 is 10.0 Å². The first-order valence-corrected chi connectivity index (χ1v) is 6.90. The van der Waals surface area contributed by atoms with E-state index in [2.05, 4.69) is 51.1 Å². The van der Waals surface area contributed by atoms with E-state index in [0.717, 1.165) is 18.8 Å². The lowest BCUT2D eigenvalue weighted by Crippen LogP contribution is -2.38. The lowest BCUT2D eigenvalue weighted by molar-refractivity contribution is 0.201. The van der Waals surface area contributed by atoms with Crippen LogP contribution in [0.1, 0.15) is 19.8 Å². The van der Waals surface area contributed by atoms with Gasteiger partial charge in [-0.15, -0.1) is 0 Å². The zero-order chi connectivity index (χ0) is 13.8. The molecule has 2 rings (SSSR count). The Labute approximate surface area is 119 Å². The number of aliphatic hydroxyl groups excluding tert-OH is 1. The number of nitrogens with zero attached hydrogens (tertiary/aromatic N) is 1. The van der Waals surface area contributed by atoms with Gasteiger partial charge in [0, 0.05) is 17.9 Å². The summed E-state index contributed by atoms with van der Waals surface area (Å²) in [5, 5.41) is 9.86. The van der Waals surface area contributed by atoms with Crippen molar-refractivity contribution in [2.45, 2.75) is 31.9 Å². The van der Waals surface area contributed by atoms with Gasteiger partial charge in [0.1, 0.15) is 0 Å². The van der Waals surface area contributed by atoms with Crippen molar-refractivity contribution < 1.29 is 5.11 Å². The van der Waals surface area contributed by atoms with Crippen LogP contribution < -0.4 is 0 Å². The van der Waals surface area contributed by atoms with Crippen molar-refractivity contribution in [3.63, 3.8) is 0 Å². The van der Waals surface area contributed by atoms with Gasteiger partial charge in [-0.1, -0.05) is 0 Å². The molecule has 102 valence electrons. The first-order valence-electron chi connectivity index (χ1n) is 6.90. The van der Waals surface area contributed by atoms with E-state index in [1.54, 1.807) is 0 Å². The van der Waals surface area contributed by atoms with E-state index in [0.29, 0.717) is 6.04 Å². The monoisotopic (exact) mass is 257 g/mol. The molecule has 2 heteroatoms. The van der Waals surface area contributed by atoms with E-state index in [1.807, 2.05) is 19.8 Å². The molecule has 2 aliphatic rings. The Morgan fingerprint density at radius 1 is 1.00 bits per heavy atom. The fourth-order valence-electron chi connectivity index (χ4n) is 2.71. The van der Waals surface area contributed by atoms with Crippen LogP contribution in [0.25, 0.3) is 0 Å². The third-order valence-corrected chi connectivity index (χ3v) is 3.76. The zero-order valence-electron chi connectivity index (χ0n) is 12.0. The van der Waals surface area contributed by atoms with Crippen LogP contribution in [0, 0.1) is 62.7 Å². The molecule has 0 aromatic heterocycles. The summed E-state index contributed by atoms with van der Waals surface area (Å²) in [6, 6.07) is 0.356. The minimum atomic E-state index is -0.397. The van der Waals surface area contributed by atoms with Crippen molar-refractivity contribution in [3.05, 3.63) is 62.7 Å². The smallest absolute Gasteiger partial charge is 0.0584 e. The van der Waals surface area contributed by atoms with Crippen molar-refractivity contribution in [2.75, 3.05) is 14.1 Å². The number of hydrogen-bond acceptors (Lipinski definition) is 2. The van der Waals surface area contributed by atoms with Gasteiger partial charge in [0.05, 0.1) is 6.10 Å². The van der Waals surface area contributed by atoms with E-state index < -0.39 is 6.10 Å². The fourth-order valence-corrected chi connectivity index (χ4v) is 2.71. The van der Waals surface area contributed by atoms with E-state index in [1.165, 1.54) is 11.8 Å². The molecule has 0 amide bonds. The van der Waals surface area contributed by atoms with Gasteiger partial charge in [-0.3, -0.25) is 0 Å². The average Bonchev–Trinajstić information content (AvgIpc) is 2.98. The zero-order valence-corrected chi connectivity index (χ0v) is 12.0. The molecule has 2 saturated carbocycles. The molecular formula is C17H23NO. The second kappa shape index (κ2) is 7.08. The molecular weight excluding hydrogens is 234 g/mol. The SMILES string of the molecule is C[C@H](O)[C]1[CH][CH][CH][C]1[C@H](CC[C]1[CH][CH][CH][CH]1)N(C)C. The topological polar surface area (TPSA) is 23.5 Å². The Balaban J connectivity index is 1.90. The van der Waals surface area contributed by atoms with Crippen LogP contribution in [0.4, 0.5) is 0 Å². The molecule has 0 aromatic rings. The van der Waals surface area contributed by atoms with Gasteiger partial charge in [-0.05, 0) is 84.7 Å². The van der Waals surface area contributed by atoms with Gasteiger partial charge >= 0.3 is 0 Å². The summed E-state index contributed by atoms with van der Waals surface area (Å²) < 4.78 is 0. The predicted octanol–water partition coefficient (Wildman–Crippen LogP) is 2.26. The molecule has 0 bridgehead atoms. The molecule has 0 aliphatic heterocycles. The largest absolute Gasteiger partial charge is 0.393 e. The van der Waals surface area contributed by atoms with E-state index in [4.69, 9.17) is 0 Å². The summed E-state index contributed by atoms with van der Waals surface area (Å²) in [4.78, 5) is 2.24. The van der Waals surface area contributed by atoms with Gasteiger partial charge in [0.25, 0.3) is 0 Å². The molecule has 2 nitrogen and oxygen atoms in total. The predicted molar refractivity (Wildman–Crippen MR) is 78.2 cm³/mol. The van der Waals surface area contributed by atoms with Gasteiger partial charge in [-0.2, -0.15) is 0 Å². The van der Waals surface area contributed by atoms with Crippen molar-refractivity contribution in [3.8, 4) is 0 Å². The van der Waals surface area contributed by atoms with E-state index in [9.17, 15) is 5.11 Å². The minimum Gasteiger partial charge on any atom is -0.393 e. The Hall–Kier alpha value is -0.0800. The molecule has 10 radical (unpaired) electrons. The van der Waals surface area contributed by atoms with Crippen LogP contribution in [-0.4, -0.2) is 36.2 Å². The highest BCUT2D eigenvalue weighted by Crippen LogP contribution is 2.41. The summed E-state index contributed by atoms with van der Waals surface area (Å²) >= 11 is 0. The third-order valence-electron chi connectivity index (χ3n) is 3.76. The molecule has 0 heterocycles. The molecule has 2 atom stereocenters. The van der Waals surface area contributed by atoms with Crippen LogP contribution in [-0.2, 0) is 0 Å². The van der Waals surface area contributed by atoms with Crippen LogP contribution in [0.5, 0.6) is 0 Å². The summed E-state index contributed by atoms with van der Waals surface area (Å²) in [6.07, 6.45) is 16.5. The Kier molecular flexibility index (Phi) is 5.70. The highest BCUT2D eigenvalue weighted by atomic mass is 16.3. The minimum absolute atomic E-state index is 0.356. The van der Waals surface area contributed by atoms with Gasteiger partial charge in [0.15, 0.2) is 0 Å². The normalized spacial score (nSPS) is 26.4. The molecule has 0 aromatic carbocycles. The van der Waals surface area contributed by atoms with Crippen molar-refractivity contribution in [1.82, 2.24) is 4.90 Å². The Morgan fingerprint density at radius 2 is 1.63 bits per heavy atom. The standard InChI is InChI=1S/C17H23NO/c1-13(19)15-9-6-10-16(15)17(18(2)3)12-11-14-7-4-5-8-14/h4-10,13,17,19H,11-12H2,1-3H3/t13-,17-/m0/s1. The summed E-state index contributed by atoms with van der Waals surface area (Å²) in [5.74, 6) is 3.70. The molecule has 1 N–H and O–H groups in total. The molecule has 2 fully saturated rings. The maximum absolute atomic E-state index is 9.86. The molecule has 0 spiro atoms. The highest BCUT2D eigenvalue weighted by molar-refractivity contribution is 5.48. The van der Waals surface area contributed by atoms with E-state index in [-0.39, 0.29) is 0 Å². The van der Waals surface area contributed by atoms with Crippen LogP contribution in [0.2, 0.25) is 0 Å². The maximum Gasteiger partial charge on any atom is 0.0584 e. The van der Waals surface area contributed by atoms with Crippen molar-refractivity contribution in [1.29, 1.82) is 0 Å².